The van der Waals surface area contributed by atoms with E-state index in [0.29, 0.717) is 12.0 Å². The summed E-state index contributed by atoms with van der Waals surface area (Å²) >= 11 is 0. The fourth-order valence-electron chi connectivity index (χ4n) is 3.82. The molecule has 0 radical (unpaired) electrons. The van der Waals surface area contributed by atoms with Crippen LogP contribution in [0.3, 0.4) is 0 Å². The second-order valence-corrected chi connectivity index (χ2v) is 8.27. The van der Waals surface area contributed by atoms with Crippen molar-refractivity contribution < 1.29 is 0 Å². The molecule has 0 aromatic rings. The van der Waals surface area contributed by atoms with Gasteiger partial charge in [0, 0.05) is 51.9 Å². The van der Waals surface area contributed by atoms with Crippen molar-refractivity contribution in [3.05, 3.63) is 0 Å². The molecule has 0 aliphatic carbocycles. The van der Waals surface area contributed by atoms with Gasteiger partial charge >= 0.3 is 0 Å². The number of hydrogen-bond acceptors (Lipinski definition) is 4. The van der Waals surface area contributed by atoms with E-state index in [1.54, 1.807) is 0 Å². The minimum atomic E-state index is 0.450. The first kappa shape index (κ1) is 25.2. The van der Waals surface area contributed by atoms with Gasteiger partial charge in [0.15, 0.2) is 5.96 Å². The summed E-state index contributed by atoms with van der Waals surface area (Å²) in [7, 11) is 0. The highest BCUT2D eigenvalue weighted by atomic mass is 15.3. The van der Waals surface area contributed by atoms with Crippen LogP contribution in [0.5, 0.6) is 0 Å². The number of rotatable bonds is 13. The standard InChI is InChI=1S/C22H48N6/c1-7-23-22(25-21(6)12-11-13-26(8-2)9-3)24-18-20(5)19-28-16-14-27(10-4)15-17-28/h20-21H,7-19H2,1-6H3,(H2,23,24,25). The lowest BCUT2D eigenvalue weighted by atomic mass is 10.1. The van der Waals surface area contributed by atoms with E-state index in [0.717, 1.165) is 38.7 Å². The van der Waals surface area contributed by atoms with Crippen LogP contribution in [0.2, 0.25) is 0 Å². The van der Waals surface area contributed by atoms with Crippen LogP contribution in [0.15, 0.2) is 4.99 Å². The van der Waals surface area contributed by atoms with E-state index in [2.05, 4.69) is 66.9 Å². The molecular formula is C22H48N6. The molecule has 1 rings (SSSR count). The van der Waals surface area contributed by atoms with Gasteiger partial charge in [-0.15, -0.1) is 0 Å². The van der Waals surface area contributed by atoms with E-state index in [1.165, 1.54) is 52.1 Å². The van der Waals surface area contributed by atoms with Crippen LogP contribution in [0.4, 0.5) is 0 Å². The Labute approximate surface area is 175 Å². The molecule has 2 atom stereocenters. The van der Waals surface area contributed by atoms with Gasteiger partial charge in [-0.1, -0.05) is 27.7 Å². The first-order chi connectivity index (χ1) is 13.5. The molecule has 6 heteroatoms. The number of hydrogen-bond donors (Lipinski definition) is 2. The molecule has 0 saturated carbocycles. The van der Waals surface area contributed by atoms with Crippen molar-refractivity contribution in [3.8, 4) is 0 Å². The van der Waals surface area contributed by atoms with Crippen molar-refractivity contribution in [2.75, 3.05) is 72.0 Å². The highest BCUT2D eigenvalue weighted by molar-refractivity contribution is 5.80. The Morgan fingerprint density at radius 2 is 1.64 bits per heavy atom. The van der Waals surface area contributed by atoms with Crippen LogP contribution in [0.25, 0.3) is 0 Å². The van der Waals surface area contributed by atoms with Gasteiger partial charge in [-0.3, -0.25) is 4.99 Å². The molecule has 2 N–H and O–H groups in total. The van der Waals surface area contributed by atoms with Crippen molar-refractivity contribution in [2.24, 2.45) is 10.9 Å². The average molecular weight is 397 g/mol. The fourth-order valence-corrected chi connectivity index (χ4v) is 3.82. The summed E-state index contributed by atoms with van der Waals surface area (Å²) in [5.41, 5.74) is 0. The number of nitrogens with zero attached hydrogens (tertiary/aromatic N) is 4. The van der Waals surface area contributed by atoms with E-state index in [9.17, 15) is 0 Å². The third-order valence-electron chi connectivity index (χ3n) is 5.78. The van der Waals surface area contributed by atoms with Gasteiger partial charge in [-0.25, -0.2) is 0 Å². The largest absolute Gasteiger partial charge is 0.357 e. The SMILES string of the molecule is CCNC(=NCC(C)CN1CCN(CC)CC1)NC(C)CCCN(CC)CC. The van der Waals surface area contributed by atoms with Crippen LogP contribution in [-0.2, 0) is 0 Å². The van der Waals surface area contributed by atoms with Crippen LogP contribution in [-0.4, -0.2) is 98.7 Å². The number of piperazine rings is 1. The van der Waals surface area contributed by atoms with Crippen molar-refractivity contribution in [1.82, 2.24) is 25.3 Å². The van der Waals surface area contributed by atoms with E-state index in [4.69, 9.17) is 4.99 Å². The normalized spacial score (nSPS) is 19.0. The number of aliphatic imine (C=N–C) groups is 1. The Balaban J connectivity index is 2.35. The van der Waals surface area contributed by atoms with E-state index >= 15 is 0 Å². The molecule has 6 nitrogen and oxygen atoms in total. The molecule has 1 fully saturated rings. The van der Waals surface area contributed by atoms with Gasteiger partial charge < -0.3 is 25.3 Å². The molecule has 166 valence electrons. The van der Waals surface area contributed by atoms with Crippen LogP contribution < -0.4 is 10.6 Å². The van der Waals surface area contributed by atoms with Crippen molar-refractivity contribution in [1.29, 1.82) is 0 Å². The molecular weight excluding hydrogens is 348 g/mol. The Morgan fingerprint density at radius 1 is 1.00 bits per heavy atom. The molecule has 1 aliphatic heterocycles. The topological polar surface area (TPSA) is 46.1 Å². The van der Waals surface area contributed by atoms with Crippen molar-refractivity contribution in [3.63, 3.8) is 0 Å². The van der Waals surface area contributed by atoms with Crippen LogP contribution in [0, 0.1) is 5.92 Å². The van der Waals surface area contributed by atoms with E-state index in [1.807, 2.05) is 0 Å². The highest BCUT2D eigenvalue weighted by Gasteiger charge is 2.17. The molecule has 0 spiro atoms. The lowest BCUT2D eigenvalue weighted by Gasteiger charge is -2.35. The van der Waals surface area contributed by atoms with Crippen molar-refractivity contribution in [2.45, 2.75) is 60.4 Å². The lowest BCUT2D eigenvalue weighted by molar-refractivity contribution is 0.125. The maximum Gasteiger partial charge on any atom is 0.191 e. The number of likely N-dealkylation sites (N-methyl/N-ethyl adjacent to an activating group) is 1. The van der Waals surface area contributed by atoms with E-state index < -0.39 is 0 Å². The number of nitrogens with one attached hydrogen (secondary N) is 2. The zero-order chi connectivity index (χ0) is 20.8. The molecule has 0 bridgehead atoms. The molecule has 1 heterocycles. The van der Waals surface area contributed by atoms with Crippen LogP contribution in [0.1, 0.15) is 54.4 Å². The molecule has 0 aromatic heterocycles. The Hall–Kier alpha value is -0.850. The van der Waals surface area contributed by atoms with Gasteiger partial charge in [0.2, 0.25) is 0 Å². The molecule has 2 unspecified atom stereocenters. The molecule has 0 aromatic carbocycles. The summed E-state index contributed by atoms with van der Waals surface area (Å²) in [5, 5.41) is 7.02. The molecule has 1 aliphatic rings. The minimum absolute atomic E-state index is 0.450. The zero-order valence-electron chi connectivity index (χ0n) is 19.6. The molecule has 0 amide bonds. The van der Waals surface area contributed by atoms with Crippen LogP contribution >= 0.6 is 0 Å². The monoisotopic (exact) mass is 396 g/mol. The van der Waals surface area contributed by atoms with Gasteiger partial charge in [-0.2, -0.15) is 0 Å². The minimum Gasteiger partial charge on any atom is -0.357 e. The van der Waals surface area contributed by atoms with Crippen molar-refractivity contribution >= 4 is 5.96 Å². The maximum atomic E-state index is 4.87. The van der Waals surface area contributed by atoms with E-state index in [-0.39, 0.29) is 0 Å². The average Bonchev–Trinajstić information content (AvgIpc) is 2.70. The third-order valence-corrected chi connectivity index (χ3v) is 5.78. The molecule has 1 saturated heterocycles. The molecule has 28 heavy (non-hydrogen) atoms. The summed E-state index contributed by atoms with van der Waals surface area (Å²) in [4.78, 5) is 12.5. The lowest BCUT2D eigenvalue weighted by Crippen LogP contribution is -2.47. The Morgan fingerprint density at radius 3 is 2.21 bits per heavy atom. The summed E-state index contributed by atoms with van der Waals surface area (Å²) in [6, 6.07) is 0.450. The highest BCUT2D eigenvalue weighted by Crippen LogP contribution is 2.06. The smallest absolute Gasteiger partial charge is 0.191 e. The summed E-state index contributed by atoms with van der Waals surface area (Å²) < 4.78 is 0. The van der Waals surface area contributed by atoms with Gasteiger partial charge in [0.1, 0.15) is 0 Å². The predicted octanol–water partition coefficient (Wildman–Crippen LogP) is 2.33. The maximum absolute atomic E-state index is 4.87. The van der Waals surface area contributed by atoms with Gasteiger partial charge in [-0.05, 0) is 58.8 Å². The van der Waals surface area contributed by atoms with Gasteiger partial charge in [0.25, 0.3) is 0 Å². The first-order valence-corrected chi connectivity index (χ1v) is 11.7. The second-order valence-electron chi connectivity index (χ2n) is 8.27. The third kappa shape index (κ3) is 10.6. The summed E-state index contributed by atoms with van der Waals surface area (Å²) in [6.45, 7) is 25.9. The second kappa shape index (κ2) is 15.1. The zero-order valence-corrected chi connectivity index (χ0v) is 19.6. The summed E-state index contributed by atoms with van der Waals surface area (Å²) in [6.07, 6.45) is 2.41. The number of guanidine groups is 1. The van der Waals surface area contributed by atoms with Gasteiger partial charge in [0.05, 0.1) is 0 Å². The predicted molar refractivity (Wildman–Crippen MR) is 123 cm³/mol. The fraction of sp³-hybridized carbons (Fsp3) is 0.955. The first-order valence-electron chi connectivity index (χ1n) is 11.7. The quantitative estimate of drug-likeness (QED) is 0.370. The Kier molecular flexibility index (Phi) is 13.5. The Bertz CT molecular complexity index is 402. The summed E-state index contributed by atoms with van der Waals surface area (Å²) in [5.74, 6) is 1.56.